The number of likely N-dealkylation sites (N-methyl/N-ethyl adjacent to an activating group) is 1. The molecule has 0 aliphatic rings. The highest BCUT2D eigenvalue weighted by Gasteiger charge is 2.27. The highest BCUT2D eigenvalue weighted by atomic mass is 31.2. The number of aliphatic hydroxyl groups is 1. The van der Waals surface area contributed by atoms with Crippen LogP contribution in [0.15, 0.2) is 36.5 Å². The predicted octanol–water partition coefficient (Wildman–Crippen LogP) is 11.1. The summed E-state index contributed by atoms with van der Waals surface area (Å²) in [7, 11) is 1.54. The van der Waals surface area contributed by atoms with Crippen LogP contribution in [0.4, 0.5) is 0 Å². The van der Waals surface area contributed by atoms with E-state index in [1.807, 2.05) is 27.2 Å². The largest absolute Gasteiger partial charge is 0.472 e. The third kappa shape index (κ3) is 36.9. The highest BCUT2D eigenvalue weighted by Crippen LogP contribution is 2.43. The first kappa shape index (κ1) is 49.7. The summed E-state index contributed by atoms with van der Waals surface area (Å²) < 4.78 is 23.4. The zero-order valence-corrected chi connectivity index (χ0v) is 34.7. The average Bonchev–Trinajstić information content (AvgIpc) is 3.07. The number of carbonyl (C=O) groups is 1. The minimum absolute atomic E-state index is 0.0527. The number of hydrogen-bond acceptors (Lipinski definition) is 5. The van der Waals surface area contributed by atoms with Gasteiger partial charge in [-0.15, -0.1) is 0 Å². The number of hydrogen-bond donors (Lipinski definition) is 3. The topological polar surface area (TPSA) is 105 Å². The number of amides is 1. The summed E-state index contributed by atoms with van der Waals surface area (Å²) in [5.74, 6) is -0.200. The summed E-state index contributed by atoms with van der Waals surface area (Å²) in [6.45, 7) is 4.73. The van der Waals surface area contributed by atoms with Gasteiger partial charge in [0.15, 0.2) is 0 Å². The average molecular weight is 742 g/mol. The smallest absolute Gasteiger partial charge is 0.387 e. The van der Waals surface area contributed by atoms with Gasteiger partial charge >= 0.3 is 7.82 Å². The van der Waals surface area contributed by atoms with Gasteiger partial charge in [0.1, 0.15) is 13.2 Å². The first-order chi connectivity index (χ1) is 24.5. The molecule has 0 aromatic heterocycles. The standard InChI is InChI=1S/C42H81N2O6P/c1-6-8-10-12-14-16-18-19-20-21-22-23-24-25-26-28-30-32-34-36-42(46)43-40(39-50-51(47,48)49-38-37-44(3,4)5)41(45)35-33-31-29-27-17-15-13-11-9-7-2/h19-20,29,31,33,35,40-41,45H,6-18,21-28,30,32,34,36-39H2,1-5H3,(H-,43,46,47,48)/p+1/b20-19+,31-29+,35-33+/t40-,41+/m0/s1. The predicted molar refractivity (Wildman–Crippen MR) is 217 cm³/mol. The number of phosphoric acid groups is 1. The second-order valence-electron chi connectivity index (χ2n) is 15.4. The first-order valence-electron chi connectivity index (χ1n) is 20.9. The molecule has 0 fully saturated rings. The van der Waals surface area contributed by atoms with Crippen molar-refractivity contribution in [2.75, 3.05) is 40.9 Å². The van der Waals surface area contributed by atoms with Crippen molar-refractivity contribution in [2.24, 2.45) is 0 Å². The van der Waals surface area contributed by atoms with Gasteiger partial charge in [0.2, 0.25) is 5.91 Å². The number of unbranched alkanes of at least 4 members (excludes halogenated alkanes) is 21. The molecule has 0 heterocycles. The van der Waals surface area contributed by atoms with E-state index in [0.29, 0.717) is 17.4 Å². The Hall–Kier alpha value is -1.28. The van der Waals surface area contributed by atoms with Crippen molar-refractivity contribution in [1.29, 1.82) is 0 Å². The molecule has 0 aliphatic heterocycles. The van der Waals surface area contributed by atoms with E-state index in [2.05, 4.69) is 37.4 Å². The van der Waals surface area contributed by atoms with Crippen LogP contribution in [0.1, 0.15) is 174 Å². The quantitative estimate of drug-likeness (QED) is 0.0192. The van der Waals surface area contributed by atoms with Crippen LogP contribution >= 0.6 is 7.82 Å². The van der Waals surface area contributed by atoms with Gasteiger partial charge in [-0.05, 0) is 44.9 Å². The van der Waals surface area contributed by atoms with E-state index in [1.165, 1.54) is 122 Å². The lowest BCUT2D eigenvalue weighted by Gasteiger charge is -2.25. The second kappa shape index (κ2) is 34.5. The van der Waals surface area contributed by atoms with Gasteiger partial charge in [-0.3, -0.25) is 13.8 Å². The Labute approximate surface area is 315 Å². The molecule has 51 heavy (non-hydrogen) atoms. The zero-order valence-electron chi connectivity index (χ0n) is 33.8. The summed E-state index contributed by atoms with van der Waals surface area (Å²) in [6, 6.07) is -0.876. The van der Waals surface area contributed by atoms with E-state index in [-0.39, 0.29) is 19.1 Å². The Balaban J connectivity index is 4.40. The third-order valence-electron chi connectivity index (χ3n) is 9.14. The van der Waals surface area contributed by atoms with E-state index < -0.39 is 20.0 Å². The van der Waals surface area contributed by atoms with Gasteiger partial charge in [-0.25, -0.2) is 4.57 Å². The minimum atomic E-state index is -4.34. The summed E-state index contributed by atoms with van der Waals surface area (Å²) in [4.78, 5) is 23.0. The molecule has 0 aromatic carbocycles. The molecule has 0 saturated heterocycles. The number of nitrogens with zero attached hydrogens (tertiary/aromatic N) is 1. The number of aliphatic hydroxyl groups excluding tert-OH is 1. The molecule has 3 atom stereocenters. The number of nitrogens with one attached hydrogen (secondary N) is 1. The van der Waals surface area contributed by atoms with E-state index in [4.69, 9.17) is 9.05 Å². The van der Waals surface area contributed by atoms with Crippen molar-refractivity contribution in [1.82, 2.24) is 5.32 Å². The van der Waals surface area contributed by atoms with Crippen LogP contribution in [0.25, 0.3) is 0 Å². The maximum Gasteiger partial charge on any atom is 0.472 e. The van der Waals surface area contributed by atoms with Gasteiger partial charge in [0, 0.05) is 6.42 Å². The first-order valence-corrected chi connectivity index (χ1v) is 22.4. The molecule has 0 rings (SSSR count). The Bertz CT molecular complexity index is 933. The molecule has 9 heteroatoms. The van der Waals surface area contributed by atoms with Crippen molar-refractivity contribution >= 4 is 13.7 Å². The summed E-state index contributed by atoms with van der Waals surface area (Å²) in [5, 5.41) is 13.7. The van der Waals surface area contributed by atoms with E-state index in [0.717, 1.165) is 32.1 Å². The van der Waals surface area contributed by atoms with Gasteiger partial charge in [-0.2, -0.15) is 0 Å². The van der Waals surface area contributed by atoms with Gasteiger partial charge in [0.05, 0.1) is 39.9 Å². The van der Waals surface area contributed by atoms with Gasteiger partial charge in [-0.1, -0.05) is 159 Å². The molecule has 8 nitrogen and oxygen atoms in total. The molecule has 0 aliphatic carbocycles. The molecule has 0 radical (unpaired) electrons. The lowest BCUT2D eigenvalue weighted by Crippen LogP contribution is -2.45. The Kier molecular flexibility index (Phi) is 33.6. The second-order valence-corrected chi connectivity index (χ2v) is 16.8. The van der Waals surface area contributed by atoms with E-state index in [1.54, 1.807) is 12.2 Å². The summed E-state index contributed by atoms with van der Waals surface area (Å²) in [6.07, 6.45) is 40.8. The van der Waals surface area contributed by atoms with Crippen LogP contribution in [-0.2, 0) is 18.4 Å². The maximum absolute atomic E-state index is 12.8. The van der Waals surface area contributed by atoms with E-state index >= 15 is 0 Å². The molecule has 0 aromatic rings. The number of phosphoric ester groups is 1. The number of quaternary nitrogens is 1. The van der Waals surface area contributed by atoms with E-state index in [9.17, 15) is 19.4 Å². The van der Waals surface area contributed by atoms with Crippen LogP contribution in [-0.4, -0.2) is 73.4 Å². The highest BCUT2D eigenvalue weighted by molar-refractivity contribution is 7.47. The monoisotopic (exact) mass is 742 g/mol. The lowest BCUT2D eigenvalue weighted by atomic mass is 10.0. The van der Waals surface area contributed by atoms with Crippen molar-refractivity contribution in [2.45, 2.75) is 187 Å². The minimum Gasteiger partial charge on any atom is -0.387 e. The van der Waals surface area contributed by atoms with Crippen molar-refractivity contribution in [3.8, 4) is 0 Å². The van der Waals surface area contributed by atoms with Crippen LogP contribution in [0, 0.1) is 0 Å². The van der Waals surface area contributed by atoms with Crippen molar-refractivity contribution in [3.63, 3.8) is 0 Å². The molecular formula is C42H82N2O6P+. The summed E-state index contributed by atoms with van der Waals surface area (Å²) in [5.41, 5.74) is 0. The van der Waals surface area contributed by atoms with Crippen LogP contribution in [0.3, 0.4) is 0 Å². The number of carbonyl (C=O) groups excluding carboxylic acids is 1. The normalized spacial score (nSPS) is 14.9. The van der Waals surface area contributed by atoms with Crippen LogP contribution in [0.2, 0.25) is 0 Å². The molecular weight excluding hydrogens is 659 g/mol. The molecule has 1 amide bonds. The fourth-order valence-corrected chi connectivity index (χ4v) is 6.48. The Morgan fingerprint density at radius 3 is 1.61 bits per heavy atom. The Morgan fingerprint density at radius 2 is 1.12 bits per heavy atom. The Morgan fingerprint density at radius 1 is 0.667 bits per heavy atom. The molecule has 3 N–H and O–H groups in total. The molecule has 0 saturated carbocycles. The molecule has 300 valence electrons. The molecule has 0 spiro atoms. The SMILES string of the molecule is CCCCCCCC/C=C/C=C/[C@@H](O)[C@H](COP(=O)(O)OCC[N+](C)(C)C)NC(=O)CCCCCCCCCCC/C=C/CCCCCCCC. The van der Waals surface area contributed by atoms with Crippen LogP contribution in [0.5, 0.6) is 0 Å². The fraction of sp³-hybridized carbons (Fsp3) is 0.833. The zero-order chi connectivity index (χ0) is 37.9. The number of allylic oxidation sites excluding steroid dienone is 5. The van der Waals surface area contributed by atoms with Gasteiger partial charge in [0.25, 0.3) is 0 Å². The number of rotatable bonds is 37. The fourth-order valence-electron chi connectivity index (χ4n) is 5.74. The maximum atomic E-state index is 12.8. The van der Waals surface area contributed by atoms with Crippen molar-refractivity contribution in [3.05, 3.63) is 36.5 Å². The van der Waals surface area contributed by atoms with Crippen LogP contribution < -0.4 is 5.32 Å². The summed E-state index contributed by atoms with van der Waals surface area (Å²) >= 11 is 0. The third-order valence-corrected chi connectivity index (χ3v) is 10.1. The van der Waals surface area contributed by atoms with Crippen molar-refractivity contribution < 1.29 is 32.9 Å². The van der Waals surface area contributed by atoms with Gasteiger partial charge < -0.3 is 19.8 Å². The lowest BCUT2D eigenvalue weighted by molar-refractivity contribution is -0.870. The molecule has 1 unspecified atom stereocenters. The molecule has 0 bridgehead atoms.